The van der Waals surface area contributed by atoms with Crippen LogP contribution in [0.4, 0.5) is 5.69 Å². The van der Waals surface area contributed by atoms with Gasteiger partial charge < -0.3 is 9.64 Å². The number of anilines is 1. The van der Waals surface area contributed by atoms with Gasteiger partial charge in [-0.15, -0.1) is 0 Å². The van der Waals surface area contributed by atoms with Crippen molar-refractivity contribution >= 4 is 11.7 Å². The molecule has 1 saturated heterocycles. The molecular formula is C18H18N2O2. The van der Waals surface area contributed by atoms with Gasteiger partial charge in [0, 0.05) is 37.4 Å². The second-order valence-electron chi connectivity index (χ2n) is 5.70. The molecule has 2 aromatic carbocycles. The zero-order chi connectivity index (χ0) is 14.9. The Morgan fingerprint density at radius 1 is 0.864 bits per heavy atom. The first-order valence-corrected chi connectivity index (χ1v) is 7.67. The molecule has 0 aromatic heterocycles. The number of piperazine rings is 1. The molecule has 0 bridgehead atoms. The molecule has 0 spiro atoms. The monoisotopic (exact) mass is 294 g/mol. The van der Waals surface area contributed by atoms with Crippen LogP contribution in [0.3, 0.4) is 0 Å². The minimum absolute atomic E-state index is 0.203. The smallest absolute Gasteiger partial charge is 0.340 e. The van der Waals surface area contributed by atoms with Crippen LogP contribution in [0.1, 0.15) is 22.1 Å². The van der Waals surface area contributed by atoms with Crippen molar-refractivity contribution in [3.63, 3.8) is 0 Å². The highest BCUT2D eigenvalue weighted by molar-refractivity contribution is 5.93. The fourth-order valence-corrected chi connectivity index (χ4v) is 3.25. The number of hydrogen-bond donors (Lipinski definition) is 0. The molecule has 1 fully saturated rings. The highest BCUT2D eigenvalue weighted by Crippen LogP contribution is 2.34. The molecule has 0 amide bonds. The molecule has 4 heteroatoms. The molecule has 2 heterocycles. The van der Waals surface area contributed by atoms with Gasteiger partial charge >= 0.3 is 5.97 Å². The summed E-state index contributed by atoms with van der Waals surface area (Å²) in [6.07, 6.45) is -0.221. The Morgan fingerprint density at radius 3 is 2.32 bits per heavy atom. The number of benzene rings is 2. The first kappa shape index (κ1) is 13.3. The van der Waals surface area contributed by atoms with Gasteiger partial charge in [0.15, 0.2) is 6.23 Å². The van der Waals surface area contributed by atoms with Crippen molar-refractivity contribution in [3.05, 3.63) is 65.7 Å². The minimum Gasteiger partial charge on any atom is -0.438 e. The third kappa shape index (κ3) is 2.25. The number of carbonyl (C=O) groups is 1. The summed E-state index contributed by atoms with van der Waals surface area (Å²) in [7, 11) is 0. The van der Waals surface area contributed by atoms with Gasteiger partial charge in [0.25, 0.3) is 0 Å². The molecule has 4 nitrogen and oxygen atoms in total. The molecule has 112 valence electrons. The summed E-state index contributed by atoms with van der Waals surface area (Å²) >= 11 is 0. The normalized spacial score (nSPS) is 21.5. The Kier molecular flexibility index (Phi) is 3.31. The number of fused-ring (bicyclic) bond motifs is 1. The van der Waals surface area contributed by atoms with Crippen molar-refractivity contribution in [1.82, 2.24) is 4.90 Å². The lowest BCUT2D eigenvalue weighted by atomic mass is 10.1. The van der Waals surface area contributed by atoms with Crippen molar-refractivity contribution in [1.29, 1.82) is 0 Å². The fraction of sp³-hybridized carbons (Fsp3) is 0.278. The van der Waals surface area contributed by atoms with Gasteiger partial charge in [-0.25, -0.2) is 4.79 Å². The van der Waals surface area contributed by atoms with Crippen molar-refractivity contribution in [2.75, 3.05) is 31.1 Å². The average molecular weight is 294 g/mol. The summed E-state index contributed by atoms with van der Waals surface area (Å²) in [5.74, 6) is -0.203. The molecule has 4 rings (SSSR count). The first-order chi connectivity index (χ1) is 10.8. The third-order valence-corrected chi connectivity index (χ3v) is 4.43. The van der Waals surface area contributed by atoms with Crippen LogP contribution in [0.5, 0.6) is 0 Å². The number of nitrogens with zero attached hydrogens (tertiary/aromatic N) is 2. The predicted molar refractivity (Wildman–Crippen MR) is 84.8 cm³/mol. The zero-order valence-electron chi connectivity index (χ0n) is 12.3. The van der Waals surface area contributed by atoms with Crippen LogP contribution in [-0.4, -0.2) is 37.0 Å². The second kappa shape index (κ2) is 5.46. The summed E-state index contributed by atoms with van der Waals surface area (Å²) in [6.45, 7) is 3.67. The maximum atomic E-state index is 11.9. The van der Waals surface area contributed by atoms with Gasteiger partial charge in [-0.1, -0.05) is 36.4 Å². The lowest BCUT2D eigenvalue weighted by Crippen LogP contribution is -2.47. The van der Waals surface area contributed by atoms with Gasteiger partial charge in [-0.3, -0.25) is 4.90 Å². The fourth-order valence-electron chi connectivity index (χ4n) is 3.25. The molecule has 2 aromatic rings. The number of rotatable bonds is 2. The number of cyclic esters (lactones) is 1. The van der Waals surface area contributed by atoms with Crippen LogP contribution >= 0.6 is 0 Å². The number of esters is 1. The summed E-state index contributed by atoms with van der Waals surface area (Å²) < 4.78 is 5.58. The Morgan fingerprint density at radius 2 is 1.55 bits per heavy atom. The van der Waals surface area contributed by atoms with Crippen LogP contribution in [0, 0.1) is 0 Å². The van der Waals surface area contributed by atoms with E-state index in [9.17, 15) is 4.79 Å². The highest BCUT2D eigenvalue weighted by atomic mass is 16.6. The van der Waals surface area contributed by atoms with Crippen LogP contribution in [-0.2, 0) is 4.74 Å². The van der Waals surface area contributed by atoms with Gasteiger partial charge in [0.05, 0.1) is 5.56 Å². The van der Waals surface area contributed by atoms with Gasteiger partial charge in [-0.2, -0.15) is 0 Å². The van der Waals surface area contributed by atoms with Crippen LogP contribution in [0.25, 0.3) is 0 Å². The lowest BCUT2D eigenvalue weighted by Gasteiger charge is -2.38. The Hall–Kier alpha value is -2.33. The molecule has 0 N–H and O–H groups in total. The number of ether oxygens (including phenoxy) is 1. The minimum atomic E-state index is -0.221. The molecular weight excluding hydrogens is 276 g/mol. The molecule has 0 saturated carbocycles. The van der Waals surface area contributed by atoms with E-state index in [4.69, 9.17) is 4.74 Å². The van der Waals surface area contributed by atoms with Crippen molar-refractivity contribution in [2.45, 2.75) is 6.23 Å². The van der Waals surface area contributed by atoms with Crippen LogP contribution in [0.2, 0.25) is 0 Å². The SMILES string of the molecule is O=C1O[C@H](N2CCN(c3ccccc3)CC2)c2ccccc21. The number of para-hydroxylation sites is 1. The first-order valence-electron chi connectivity index (χ1n) is 7.67. The van der Waals surface area contributed by atoms with E-state index in [0.29, 0.717) is 5.56 Å². The highest BCUT2D eigenvalue weighted by Gasteiger charge is 2.36. The Labute approximate surface area is 129 Å². The van der Waals surface area contributed by atoms with E-state index in [1.54, 1.807) is 0 Å². The summed E-state index contributed by atoms with van der Waals surface area (Å²) in [5, 5.41) is 0. The molecule has 0 radical (unpaired) electrons. The van der Waals surface area contributed by atoms with Gasteiger partial charge in [0.1, 0.15) is 0 Å². The largest absolute Gasteiger partial charge is 0.438 e. The lowest BCUT2D eigenvalue weighted by molar-refractivity contribution is -0.0250. The van der Waals surface area contributed by atoms with Crippen LogP contribution in [0.15, 0.2) is 54.6 Å². The summed E-state index contributed by atoms with van der Waals surface area (Å²) in [6, 6.07) is 18.1. The maximum Gasteiger partial charge on any atom is 0.340 e. The molecule has 22 heavy (non-hydrogen) atoms. The van der Waals surface area contributed by atoms with Gasteiger partial charge in [0.2, 0.25) is 0 Å². The summed E-state index contributed by atoms with van der Waals surface area (Å²) in [5.41, 5.74) is 2.96. The molecule has 2 aliphatic heterocycles. The van der Waals surface area contributed by atoms with E-state index in [-0.39, 0.29) is 12.2 Å². The zero-order valence-corrected chi connectivity index (χ0v) is 12.3. The van der Waals surface area contributed by atoms with E-state index in [2.05, 4.69) is 34.1 Å². The quantitative estimate of drug-likeness (QED) is 0.797. The predicted octanol–water partition coefficient (Wildman–Crippen LogP) is 2.68. The van der Waals surface area contributed by atoms with E-state index < -0.39 is 0 Å². The Bertz CT molecular complexity index is 678. The van der Waals surface area contributed by atoms with E-state index >= 15 is 0 Å². The Balaban J connectivity index is 1.48. The number of carbonyl (C=O) groups excluding carboxylic acids is 1. The third-order valence-electron chi connectivity index (χ3n) is 4.43. The molecule has 0 aliphatic carbocycles. The topological polar surface area (TPSA) is 32.8 Å². The van der Waals surface area contributed by atoms with E-state index in [1.165, 1.54) is 5.69 Å². The van der Waals surface area contributed by atoms with E-state index in [1.807, 2.05) is 30.3 Å². The van der Waals surface area contributed by atoms with Crippen molar-refractivity contribution < 1.29 is 9.53 Å². The maximum absolute atomic E-state index is 11.9. The van der Waals surface area contributed by atoms with Gasteiger partial charge in [-0.05, 0) is 18.2 Å². The standard InChI is InChI=1S/C18H18N2O2/c21-18-16-9-5-4-8-15(16)17(22-18)20-12-10-19(11-13-20)14-6-2-1-3-7-14/h1-9,17H,10-13H2/t17-/m0/s1. The number of hydrogen-bond acceptors (Lipinski definition) is 4. The average Bonchev–Trinajstić information content (AvgIpc) is 2.93. The molecule has 2 aliphatic rings. The van der Waals surface area contributed by atoms with E-state index in [0.717, 1.165) is 31.7 Å². The summed E-state index contributed by atoms with van der Waals surface area (Å²) in [4.78, 5) is 16.6. The molecule has 0 unspecified atom stereocenters. The van der Waals surface area contributed by atoms with Crippen molar-refractivity contribution in [3.8, 4) is 0 Å². The second-order valence-corrected chi connectivity index (χ2v) is 5.70. The molecule has 1 atom stereocenters. The van der Waals surface area contributed by atoms with Crippen LogP contribution < -0.4 is 4.90 Å². The van der Waals surface area contributed by atoms with Crippen molar-refractivity contribution in [2.24, 2.45) is 0 Å².